The summed E-state index contributed by atoms with van der Waals surface area (Å²) in [6.07, 6.45) is 2.50. The summed E-state index contributed by atoms with van der Waals surface area (Å²) in [6.45, 7) is 3.78. The third kappa shape index (κ3) is 4.39. The molecule has 2 aromatic carbocycles. The molecule has 1 N–H and O–H groups in total. The summed E-state index contributed by atoms with van der Waals surface area (Å²) in [5.74, 6) is 1.29. The largest absolute Gasteiger partial charge is 0.487 e. The molecule has 0 aliphatic carbocycles. The van der Waals surface area contributed by atoms with Gasteiger partial charge in [0.15, 0.2) is 5.82 Å². The van der Waals surface area contributed by atoms with Gasteiger partial charge in [-0.25, -0.2) is 4.98 Å². The molecule has 2 aliphatic heterocycles. The quantitative estimate of drug-likeness (QED) is 0.632. The highest BCUT2D eigenvalue weighted by Crippen LogP contribution is 2.31. The smallest absolute Gasteiger partial charge is 0.255 e. The molecule has 3 aromatic rings. The maximum Gasteiger partial charge on any atom is 0.255 e. The van der Waals surface area contributed by atoms with Crippen LogP contribution in [0, 0.1) is 0 Å². The fraction of sp³-hybridized carbons (Fsp3) is 0.269. The average molecular weight is 443 g/mol. The monoisotopic (exact) mass is 442 g/mol. The number of benzene rings is 2. The Bertz CT molecular complexity index is 1180. The van der Waals surface area contributed by atoms with Crippen molar-refractivity contribution in [3.63, 3.8) is 0 Å². The Morgan fingerprint density at radius 1 is 1.09 bits per heavy atom. The number of ether oxygens (including phenoxy) is 1. The summed E-state index contributed by atoms with van der Waals surface area (Å²) in [6, 6.07) is 19.6. The molecule has 7 nitrogen and oxygen atoms in total. The van der Waals surface area contributed by atoms with Gasteiger partial charge in [0.1, 0.15) is 11.9 Å². The van der Waals surface area contributed by atoms with E-state index in [2.05, 4.69) is 23.3 Å². The SMILES string of the molecule is CCc1cccc(OC2CN(C(=O)c3cnc4c(c3)N(Cc3ccccc3)C(=O)CN4)C2)c1. The predicted molar refractivity (Wildman–Crippen MR) is 126 cm³/mol. The number of likely N-dealkylation sites (tertiary alicyclic amines) is 1. The van der Waals surface area contributed by atoms with Crippen molar-refractivity contribution in [2.75, 3.05) is 29.9 Å². The molecule has 33 heavy (non-hydrogen) atoms. The zero-order valence-corrected chi connectivity index (χ0v) is 18.5. The lowest BCUT2D eigenvalue weighted by atomic mass is 10.1. The summed E-state index contributed by atoms with van der Waals surface area (Å²) < 4.78 is 6.02. The van der Waals surface area contributed by atoms with Crippen LogP contribution in [-0.4, -0.2) is 47.4 Å². The van der Waals surface area contributed by atoms with E-state index in [-0.39, 0.29) is 24.5 Å². The number of anilines is 2. The number of nitrogens with one attached hydrogen (secondary N) is 1. The third-order valence-electron chi connectivity index (χ3n) is 6.04. The van der Waals surface area contributed by atoms with Gasteiger partial charge in [-0.15, -0.1) is 0 Å². The Kier molecular flexibility index (Phi) is 5.69. The van der Waals surface area contributed by atoms with Crippen molar-refractivity contribution in [2.24, 2.45) is 0 Å². The van der Waals surface area contributed by atoms with Gasteiger partial charge in [-0.05, 0) is 35.7 Å². The van der Waals surface area contributed by atoms with E-state index < -0.39 is 0 Å². The first-order valence-electron chi connectivity index (χ1n) is 11.2. The van der Waals surface area contributed by atoms with E-state index in [1.165, 1.54) is 5.56 Å². The topological polar surface area (TPSA) is 74.8 Å². The number of hydrogen-bond acceptors (Lipinski definition) is 5. The lowest BCUT2D eigenvalue weighted by Crippen LogP contribution is -2.56. The Balaban J connectivity index is 1.27. The summed E-state index contributed by atoms with van der Waals surface area (Å²) in [5.41, 5.74) is 3.34. The molecule has 1 saturated heterocycles. The molecule has 5 rings (SSSR count). The molecule has 168 valence electrons. The van der Waals surface area contributed by atoms with Crippen LogP contribution in [0.4, 0.5) is 11.5 Å². The van der Waals surface area contributed by atoms with Gasteiger partial charge >= 0.3 is 0 Å². The number of carbonyl (C=O) groups is 2. The van der Waals surface area contributed by atoms with Gasteiger partial charge in [-0.2, -0.15) is 0 Å². The van der Waals surface area contributed by atoms with Crippen LogP contribution in [0.5, 0.6) is 5.75 Å². The number of aromatic nitrogens is 1. The zero-order chi connectivity index (χ0) is 22.8. The minimum absolute atomic E-state index is 0.0236. The molecule has 0 unspecified atom stereocenters. The second-order valence-corrected chi connectivity index (χ2v) is 8.36. The molecule has 0 saturated carbocycles. The number of carbonyl (C=O) groups excluding carboxylic acids is 2. The second kappa shape index (κ2) is 8.94. The molecular weight excluding hydrogens is 416 g/mol. The number of amides is 2. The highest BCUT2D eigenvalue weighted by Gasteiger charge is 2.34. The molecule has 2 aliphatic rings. The van der Waals surface area contributed by atoms with Crippen LogP contribution in [0.1, 0.15) is 28.4 Å². The van der Waals surface area contributed by atoms with Gasteiger partial charge in [-0.3, -0.25) is 9.59 Å². The minimum atomic E-state index is -0.106. The Morgan fingerprint density at radius 2 is 1.88 bits per heavy atom. The van der Waals surface area contributed by atoms with Crippen LogP contribution in [-0.2, 0) is 17.8 Å². The highest BCUT2D eigenvalue weighted by atomic mass is 16.5. The van der Waals surface area contributed by atoms with E-state index in [0.717, 1.165) is 17.7 Å². The molecule has 1 aromatic heterocycles. The molecule has 1 fully saturated rings. The summed E-state index contributed by atoms with van der Waals surface area (Å²) >= 11 is 0. The molecule has 2 amide bonds. The first-order chi connectivity index (χ1) is 16.1. The van der Waals surface area contributed by atoms with Gasteiger partial charge in [0, 0.05) is 6.20 Å². The van der Waals surface area contributed by atoms with E-state index in [4.69, 9.17) is 4.74 Å². The number of hydrogen-bond donors (Lipinski definition) is 1. The second-order valence-electron chi connectivity index (χ2n) is 8.36. The maximum absolute atomic E-state index is 13.1. The van der Waals surface area contributed by atoms with E-state index >= 15 is 0 Å². The minimum Gasteiger partial charge on any atom is -0.487 e. The first kappa shape index (κ1) is 21.0. The Morgan fingerprint density at radius 3 is 2.67 bits per heavy atom. The van der Waals surface area contributed by atoms with Crippen molar-refractivity contribution < 1.29 is 14.3 Å². The fourth-order valence-electron chi connectivity index (χ4n) is 4.13. The van der Waals surface area contributed by atoms with Crippen LogP contribution in [0.25, 0.3) is 0 Å². The van der Waals surface area contributed by atoms with Gasteiger partial charge in [0.25, 0.3) is 5.91 Å². The van der Waals surface area contributed by atoms with E-state index in [0.29, 0.717) is 36.7 Å². The molecule has 3 heterocycles. The van der Waals surface area contributed by atoms with Gasteiger partial charge in [0.05, 0.1) is 37.4 Å². The Labute approximate surface area is 193 Å². The Hall–Kier alpha value is -3.87. The van der Waals surface area contributed by atoms with Crippen LogP contribution in [0.3, 0.4) is 0 Å². The van der Waals surface area contributed by atoms with Crippen molar-refractivity contribution in [3.8, 4) is 5.75 Å². The highest BCUT2D eigenvalue weighted by molar-refractivity contribution is 6.04. The molecule has 0 atom stereocenters. The van der Waals surface area contributed by atoms with E-state index in [9.17, 15) is 9.59 Å². The normalized spacial score (nSPS) is 15.5. The van der Waals surface area contributed by atoms with Crippen molar-refractivity contribution in [2.45, 2.75) is 26.0 Å². The standard InChI is InChI=1S/C26H26N4O3/c1-2-18-9-6-10-21(11-18)33-22-16-29(17-22)26(32)20-12-23-25(27-13-20)28-14-24(31)30(23)15-19-7-4-3-5-8-19/h3-13,22H,2,14-17H2,1H3,(H,27,28). The first-order valence-corrected chi connectivity index (χ1v) is 11.2. The van der Waals surface area contributed by atoms with Gasteiger partial charge in [0.2, 0.25) is 5.91 Å². The van der Waals surface area contributed by atoms with Crippen molar-refractivity contribution >= 4 is 23.3 Å². The van der Waals surface area contributed by atoms with Crippen LogP contribution >= 0.6 is 0 Å². The maximum atomic E-state index is 13.1. The number of pyridine rings is 1. The van der Waals surface area contributed by atoms with Crippen LogP contribution in [0.15, 0.2) is 66.9 Å². The average Bonchev–Trinajstić information content (AvgIpc) is 2.83. The summed E-state index contributed by atoms with van der Waals surface area (Å²) in [5, 5.41) is 3.05. The number of aryl methyl sites for hydroxylation is 1. The third-order valence-corrected chi connectivity index (χ3v) is 6.04. The van der Waals surface area contributed by atoms with Crippen molar-refractivity contribution in [1.29, 1.82) is 0 Å². The van der Waals surface area contributed by atoms with E-state index in [1.54, 1.807) is 22.1 Å². The number of nitrogens with zero attached hydrogens (tertiary/aromatic N) is 3. The van der Waals surface area contributed by atoms with Crippen molar-refractivity contribution in [1.82, 2.24) is 9.88 Å². The summed E-state index contributed by atoms with van der Waals surface area (Å²) in [7, 11) is 0. The number of rotatable bonds is 6. The molecule has 7 heteroatoms. The zero-order valence-electron chi connectivity index (χ0n) is 18.5. The molecule has 0 radical (unpaired) electrons. The van der Waals surface area contributed by atoms with Crippen molar-refractivity contribution in [3.05, 3.63) is 83.6 Å². The van der Waals surface area contributed by atoms with Crippen LogP contribution < -0.4 is 15.0 Å². The molecule has 0 bridgehead atoms. The fourth-order valence-corrected chi connectivity index (χ4v) is 4.13. The number of fused-ring (bicyclic) bond motifs is 1. The van der Waals surface area contributed by atoms with E-state index in [1.807, 2.05) is 48.5 Å². The van der Waals surface area contributed by atoms with Gasteiger partial charge < -0.3 is 19.9 Å². The molecule has 0 spiro atoms. The predicted octanol–water partition coefficient (Wildman–Crippen LogP) is 3.51. The van der Waals surface area contributed by atoms with Crippen LogP contribution in [0.2, 0.25) is 0 Å². The molecular formula is C26H26N4O3. The van der Waals surface area contributed by atoms with Gasteiger partial charge in [-0.1, -0.05) is 49.4 Å². The summed E-state index contributed by atoms with van der Waals surface area (Å²) in [4.78, 5) is 33.6. The lowest BCUT2D eigenvalue weighted by Gasteiger charge is -2.39. The lowest BCUT2D eigenvalue weighted by molar-refractivity contribution is -0.117.